The zero-order valence-corrected chi connectivity index (χ0v) is 17.3. The molecule has 6 heteroatoms. The Bertz CT molecular complexity index is 793. The lowest BCUT2D eigenvalue weighted by Crippen LogP contribution is -2.43. The number of carbonyl (C=O) groups excluding carboxylic acids is 1. The van der Waals surface area contributed by atoms with Crippen LogP contribution in [-0.2, 0) is 17.1 Å². The Morgan fingerprint density at radius 3 is 2.57 bits per heavy atom. The van der Waals surface area contributed by atoms with Gasteiger partial charge in [0.05, 0.1) is 19.7 Å². The van der Waals surface area contributed by atoms with Gasteiger partial charge in [0.1, 0.15) is 5.75 Å². The van der Waals surface area contributed by atoms with E-state index in [9.17, 15) is 13.6 Å². The monoisotopic (exact) mass is 416 g/mol. The molecule has 0 aliphatic carbocycles. The molecule has 0 atom stereocenters. The normalized spacial score (nSPS) is 14.5. The van der Waals surface area contributed by atoms with E-state index in [4.69, 9.17) is 4.74 Å². The number of nitrogens with zero attached hydrogens (tertiary/aromatic N) is 1. The molecule has 0 bridgehead atoms. The van der Waals surface area contributed by atoms with E-state index in [-0.39, 0.29) is 18.0 Å². The number of alkyl halides is 2. The number of likely N-dealkylation sites (tertiary alicyclic amines) is 1. The van der Waals surface area contributed by atoms with Gasteiger partial charge in [-0.3, -0.25) is 4.79 Å². The molecule has 0 unspecified atom stereocenters. The molecule has 1 fully saturated rings. The third kappa shape index (κ3) is 6.80. The molecule has 1 aliphatic rings. The minimum absolute atomic E-state index is 0.0642. The second-order valence-electron chi connectivity index (χ2n) is 7.71. The summed E-state index contributed by atoms with van der Waals surface area (Å²) in [5.41, 5.74) is 1.12. The molecule has 3 rings (SSSR count). The van der Waals surface area contributed by atoms with Crippen LogP contribution >= 0.6 is 0 Å². The van der Waals surface area contributed by atoms with Crippen LogP contribution in [0.4, 0.5) is 8.78 Å². The van der Waals surface area contributed by atoms with E-state index in [0.29, 0.717) is 12.4 Å². The molecular formula is C24H30F2N2O2. The van der Waals surface area contributed by atoms with E-state index in [2.05, 4.69) is 17.4 Å². The second kappa shape index (κ2) is 11.1. The van der Waals surface area contributed by atoms with Crippen LogP contribution in [0, 0.1) is 0 Å². The molecule has 162 valence electrons. The number of hydrogen-bond acceptors (Lipinski definition) is 3. The summed E-state index contributed by atoms with van der Waals surface area (Å²) in [5, 5.41) is 2.63. The Morgan fingerprint density at radius 1 is 1.03 bits per heavy atom. The van der Waals surface area contributed by atoms with Crippen LogP contribution in [0.1, 0.15) is 36.8 Å². The summed E-state index contributed by atoms with van der Waals surface area (Å²) in [6.07, 6.45) is 4.79. The topological polar surface area (TPSA) is 41.6 Å². The highest BCUT2D eigenvalue weighted by Crippen LogP contribution is 2.29. The minimum atomic E-state index is -3.08. The van der Waals surface area contributed by atoms with Crippen molar-refractivity contribution in [3.05, 3.63) is 65.7 Å². The highest BCUT2D eigenvalue weighted by molar-refractivity contribution is 5.78. The van der Waals surface area contributed by atoms with E-state index >= 15 is 0 Å². The Morgan fingerprint density at radius 2 is 1.80 bits per heavy atom. The molecule has 0 aromatic heterocycles. The zero-order chi connectivity index (χ0) is 21.2. The summed E-state index contributed by atoms with van der Waals surface area (Å²) < 4.78 is 34.9. The fourth-order valence-corrected chi connectivity index (χ4v) is 3.61. The van der Waals surface area contributed by atoms with Gasteiger partial charge in [0.2, 0.25) is 5.91 Å². The maximum Gasteiger partial charge on any atom is 0.285 e. The molecule has 1 N–H and O–H groups in total. The third-order valence-corrected chi connectivity index (χ3v) is 5.31. The molecule has 2 aromatic carbocycles. The number of rotatable bonds is 10. The van der Waals surface area contributed by atoms with Crippen molar-refractivity contribution in [1.82, 2.24) is 10.2 Å². The lowest BCUT2D eigenvalue weighted by Gasteiger charge is -2.27. The maximum absolute atomic E-state index is 14.6. The summed E-state index contributed by atoms with van der Waals surface area (Å²) >= 11 is 0. The molecule has 2 aromatic rings. The maximum atomic E-state index is 14.6. The van der Waals surface area contributed by atoms with Crippen molar-refractivity contribution >= 4 is 5.91 Å². The van der Waals surface area contributed by atoms with Crippen LogP contribution in [0.2, 0.25) is 0 Å². The van der Waals surface area contributed by atoms with Gasteiger partial charge >= 0.3 is 0 Å². The van der Waals surface area contributed by atoms with Crippen molar-refractivity contribution in [2.75, 3.05) is 32.8 Å². The van der Waals surface area contributed by atoms with Crippen molar-refractivity contribution in [3.63, 3.8) is 0 Å². The first kappa shape index (κ1) is 22.2. The number of halogens is 2. The summed E-state index contributed by atoms with van der Waals surface area (Å²) in [7, 11) is 0. The molecule has 0 saturated carbocycles. The summed E-state index contributed by atoms with van der Waals surface area (Å²) in [4.78, 5) is 13.9. The lowest BCUT2D eigenvalue weighted by atomic mass is 10.1. The first-order valence-corrected chi connectivity index (χ1v) is 10.7. The van der Waals surface area contributed by atoms with E-state index < -0.39 is 12.5 Å². The van der Waals surface area contributed by atoms with Crippen molar-refractivity contribution in [2.24, 2.45) is 0 Å². The zero-order valence-electron chi connectivity index (χ0n) is 17.3. The number of ether oxygens (including phenoxy) is 1. The van der Waals surface area contributed by atoms with Crippen molar-refractivity contribution < 1.29 is 18.3 Å². The van der Waals surface area contributed by atoms with Gasteiger partial charge in [0.25, 0.3) is 5.92 Å². The average molecular weight is 417 g/mol. The molecule has 1 heterocycles. The molecule has 1 saturated heterocycles. The van der Waals surface area contributed by atoms with E-state index in [1.54, 1.807) is 17.0 Å². The first-order chi connectivity index (χ1) is 14.5. The van der Waals surface area contributed by atoms with Gasteiger partial charge in [-0.1, -0.05) is 42.5 Å². The van der Waals surface area contributed by atoms with Crippen LogP contribution in [0.25, 0.3) is 0 Å². The SMILES string of the molecule is O=C(CNCC(F)(F)c1cccc(OCCCc2ccccc2)c1)N1CCCCC1. The predicted molar refractivity (Wildman–Crippen MR) is 114 cm³/mol. The van der Waals surface area contributed by atoms with Gasteiger partial charge in [-0.05, 0) is 49.8 Å². The summed E-state index contributed by atoms with van der Waals surface area (Å²) in [6, 6.07) is 16.1. The Hall–Kier alpha value is -2.47. The van der Waals surface area contributed by atoms with Crippen molar-refractivity contribution in [1.29, 1.82) is 0 Å². The smallest absolute Gasteiger partial charge is 0.285 e. The number of nitrogens with one attached hydrogen (secondary N) is 1. The quantitative estimate of drug-likeness (QED) is 0.584. The predicted octanol–water partition coefficient (Wildman–Crippen LogP) is 4.39. The van der Waals surface area contributed by atoms with Crippen LogP contribution in [0.15, 0.2) is 54.6 Å². The van der Waals surface area contributed by atoms with Gasteiger partial charge in [-0.25, -0.2) is 0 Å². The Kier molecular flexibility index (Phi) is 8.20. The van der Waals surface area contributed by atoms with Crippen molar-refractivity contribution in [3.8, 4) is 5.75 Å². The van der Waals surface area contributed by atoms with Crippen LogP contribution in [0.3, 0.4) is 0 Å². The van der Waals surface area contributed by atoms with Gasteiger partial charge in [0.15, 0.2) is 0 Å². The standard InChI is InChI=1S/C24H30F2N2O2/c25-24(26,19-27-18-23(29)28-14-5-2-6-15-28)21-12-7-13-22(17-21)30-16-8-11-20-9-3-1-4-10-20/h1,3-4,7,9-10,12-13,17,27H,2,5-6,8,11,14-16,18-19H2. The van der Waals surface area contributed by atoms with Gasteiger partial charge in [-0.2, -0.15) is 8.78 Å². The molecule has 1 amide bonds. The van der Waals surface area contributed by atoms with Crippen molar-refractivity contribution in [2.45, 2.75) is 38.0 Å². The Balaban J connectivity index is 1.44. The summed E-state index contributed by atoms with van der Waals surface area (Å²) in [6.45, 7) is 1.27. The number of piperidine rings is 1. The fourth-order valence-electron chi connectivity index (χ4n) is 3.61. The molecular weight excluding hydrogens is 386 g/mol. The summed E-state index contributed by atoms with van der Waals surface area (Å²) in [5.74, 6) is -2.75. The molecule has 0 spiro atoms. The molecule has 1 aliphatic heterocycles. The highest BCUT2D eigenvalue weighted by atomic mass is 19.3. The lowest BCUT2D eigenvalue weighted by molar-refractivity contribution is -0.131. The number of amides is 1. The molecule has 30 heavy (non-hydrogen) atoms. The highest BCUT2D eigenvalue weighted by Gasteiger charge is 2.32. The largest absolute Gasteiger partial charge is 0.494 e. The van der Waals surface area contributed by atoms with E-state index in [1.807, 2.05) is 18.2 Å². The van der Waals surface area contributed by atoms with Crippen LogP contribution in [-0.4, -0.2) is 43.6 Å². The number of carbonyl (C=O) groups is 1. The number of hydrogen-bond donors (Lipinski definition) is 1. The number of aryl methyl sites for hydroxylation is 1. The van der Waals surface area contributed by atoms with Crippen LogP contribution < -0.4 is 10.1 Å². The fraction of sp³-hybridized carbons (Fsp3) is 0.458. The number of benzene rings is 2. The van der Waals surface area contributed by atoms with Crippen LogP contribution in [0.5, 0.6) is 5.75 Å². The molecule has 4 nitrogen and oxygen atoms in total. The second-order valence-corrected chi connectivity index (χ2v) is 7.71. The minimum Gasteiger partial charge on any atom is -0.494 e. The van der Waals surface area contributed by atoms with E-state index in [0.717, 1.165) is 45.2 Å². The molecule has 0 radical (unpaired) electrons. The van der Waals surface area contributed by atoms with Gasteiger partial charge < -0.3 is 15.0 Å². The van der Waals surface area contributed by atoms with Gasteiger partial charge in [0, 0.05) is 18.7 Å². The third-order valence-electron chi connectivity index (χ3n) is 5.31. The Labute approximate surface area is 177 Å². The average Bonchev–Trinajstić information content (AvgIpc) is 2.78. The van der Waals surface area contributed by atoms with E-state index in [1.165, 1.54) is 17.7 Å². The first-order valence-electron chi connectivity index (χ1n) is 10.7. The van der Waals surface area contributed by atoms with Gasteiger partial charge in [-0.15, -0.1) is 0 Å².